The summed E-state index contributed by atoms with van der Waals surface area (Å²) in [6.45, 7) is 11.4. The Balaban J connectivity index is 1.68. The van der Waals surface area contributed by atoms with Crippen molar-refractivity contribution >= 4 is 5.96 Å². The van der Waals surface area contributed by atoms with Crippen molar-refractivity contribution in [3.05, 3.63) is 0 Å². The lowest BCUT2D eigenvalue weighted by atomic mass is 9.84. The van der Waals surface area contributed by atoms with Crippen LogP contribution in [-0.2, 0) is 0 Å². The van der Waals surface area contributed by atoms with E-state index in [1.807, 2.05) is 0 Å². The van der Waals surface area contributed by atoms with Crippen LogP contribution in [0.25, 0.3) is 0 Å². The lowest BCUT2D eigenvalue weighted by Gasteiger charge is -2.38. The summed E-state index contributed by atoms with van der Waals surface area (Å²) in [5, 5.41) is 3.44. The normalized spacial score (nSPS) is 24.9. The summed E-state index contributed by atoms with van der Waals surface area (Å²) in [4.78, 5) is 9.21. The maximum atomic E-state index is 4.44. The number of guanidine groups is 1. The summed E-state index contributed by atoms with van der Waals surface area (Å²) in [7, 11) is 2.10. The first-order valence-corrected chi connectivity index (χ1v) is 6.79. The molecular weight excluding hydrogens is 212 g/mol. The predicted molar refractivity (Wildman–Crippen MR) is 72.4 cm³/mol. The highest BCUT2D eigenvalue weighted by Gasteiger charge is 2.25. The highest BCUT2D eigenvalue weighted by molar-refractivity contribution is 5.81. The van der Waals surface area contributed by atoms with E-state index in [1.54, 1.807) is 0 Å². The van der Waals surface area contributed by atoms with Crippen molar-refractivity contribution < 1.29 is 0 Å². The van der Waals surface area contributed by atoms with Gasteiger partial charge in [0.05, 0.1) is 6.54 Å². The third-order valence-electron chi connectivity index (χ3n) is 3.75. The Hall–Kier alpha value is -0.770. The largest absolute Gasteiger partial charge is 0.355 e. The van der Waals surface area contributed by atoms with E-state index < -0.39 is 0 Å². The minimum absolute atomic E-state index is 0.500. The SMILES string of the molecule is CN1CCN=C1NCCN1CCCC(C)(C)C1. The maximum Gasteiger partial charge on any atom is 0.193 e. The van der Waals surface area contributed by atoms with Crippen molar-refractivity contribution in [3.8, 4) is 0 Å². The van der Waals surface area contributed by atoms with Gasteiger partial charge in [-0.05, 0) is 24.8 Å². The lowest BCUT2D eigenvalue weighted by Crippen LogP contribution is -2.45. The van der Waals surface area contributed by atoms with Crippen molar-refractivity contribution in [1.82, 2.24) is 15.1 Å². The molecule has 2 rings (SSSR count). The van der Waals surface area contributed by atoms with Crippen LogP contribution in [0.5, 0.6) is 0 Å². The number of rotatable bonds is 3. The van der Waals surface area contributed by atoms with Crippen LogP contribution in [0.3, 0.4) is 0 Å². The Morgan fingerprint density at radius 3 is 2.82 bits per heavy atom. The van der Waals surface area contributed by atoms with Crippen LogP contribution in [0.4, 0.5) is 0 Å². The Kier molecular flexibility index (Phi) is 3.92. The molecule has 17 heavy (non-hydrogen) atoms. The molecule has 0 aliphatic carbocycles. The van der Waals surface area contributed by atoms with Gasteiger partial charge in [-0.3, -0.25) is 4.99 Å². The predicted octanol–water partition coefficient (Wildman–Crippen LogP) is 0.999. The average molecular weight is 238 g/mol. The molecule has 2 heterocycles. The first-order chi connectivity index (χ1) is 8.07. The van der Waals surface area contributed by atoms with Crippen molar-refractivity contribution in [2.45, 2.75) is 26.7 Å². The number of nitrogens with one attached hydrogen (secondary N) is 1. The van der Waals surface area contributed by atoms with Gasteiger partial charge in [0.1, 0.15) is 0 Å². The van der Waals surface area contributed by atoms with Gasteiger partial charge >= 0.3 is 0 Å². The Morgan fingerprint density at radius 1 is 1.35 bits per heavy atom. The van der Waals surface area contributed by atoms with Crippen LogP contribution in [-0.4, -0.2) is 62.1 Å². The van der Waals surface area contributed by atoms with E-state index in [4.69, 9.17) is 0 Å². The molecule has 0 saturated carbocycles. The van der Waals surface area contributed by atoms with Gasteiger partial charge < -0.3 is 15.1 Å². The van der Waals surface area contributed by atoms with E-state index in [2.05, 4.69) is 41.0 Å². The zero-order chi connectivity index (χ0) is 12.3. The molecule has 0 amide bonds. The number of likely N-dealkylation sites (tertiary alicyclic amines) is 1. The van der Waals surface area contributed by atoms with E-state index >= 15 is 0 Å². The molecule has 0 aromatic rings. The van der Waals surface area contributed by atoms with Gasteiger partial charge in [0.15, 0.2) is 5.96 Å². The number of likely N-dealkylation sites (N-methyl/N-ethyl adjacent to an activating group) is 1. The molecule has 0 aromatic carbocycles. The molecule has 0 unspecified atom stereocenters. The molecule has 0 aromatic heterocycles. The molecule has 1 saturated heterocycles. The van der Waals surface area contributed by atoms with E-state index in [0.717, 1.165) is 32.1 Å². The molecule has 4 heteroatoms. The fraction of sp³-hybridized carbons (Fsp3) is 0.923. The van der Waals surface area contributed by atoms with Crippen LogP contribution < -0.4 is 5.32 Å². The first-order valence-electron chi connectivity index (χ1n) is 6.79. The molecule has 1 fully saturated rings. The molecule has 0 radical (unpaired) electrons. The standard InChI is InChI=1S/C13H26N4/c1-13(2)5-4-8-17(11-13)10-7-15-12-14-6-9-16(12)3/h4-11H2,1-3H3,(H,14,15). The Morgan fingerprint density at radius 2 is 2.18 bits per heavy atom. The van der Waals surface area contributed by atoms with Crippen LogP contribution in [0.15, 0.2) is 4.99 Å². The van der Waals surface area contributed by atoms with Gasteiger partial charge in [-0.15, -0.1) is 0 Å². The van der Waals surface area contributed by atoms with Crippen LogP contribution in [0.2, 0.25) is 0 Å². The summed E-state index contributed by atoms with van der Waals surface area (Å²) < 4.78 is 0. The van der Waals surface area contributed by atoms with E-state index in [9.17, 15) is 0 Å². The maximum absolute atomic E-state index is 4.44. The summed E-state index contributed by atoms with van der Waals surface area (Å²) >= 11 is 0. The molecule has 1 N–H and O–H groups in total. The van der Waals surface area contributed by atoms with E-state index in [1.165, 1.54) is 25.9 Å². The average Bonchev–Trinajstić information content (AvgIpc) is 2.63. The van der Waals surface area contributed by atoms with Crippen LogP contribution >= 0.6 is 0 Å². The van der Waals surface area contributed by atoms with Gasteiger partial charge in [0, 0.05) is 33.2 Å². The smallest absolute Gasteiger partial charge is 0.193 e. The Labute approximate surface area is 105 Å². The number of hydrogen-bond acceptors (Lipinski definition) is 4. The molecule has 0 atom stereocenters. The molecule has 98 valence electrons. The quantitative estimate of drug-likeness (QED) is 0.796. The zero-order valence-corrected chi connectivity index (χ0v) is 11.5. The molecule has 0 bridgehead atoms. The second-order valence-corrected chi connectivity index (χ2v) is 6.10. The van der Waals surface area contributed by atoms with Crippen molar-refractivity contribution in [2.75, 3.05) is 46.3 Å². The topological polar surface area (TPSA) is 30.9 Å². The molecular formula is C13H26N4. The highest BCUT2D eigenvalue weighted by Crippen LogP contribution is 2.27. The summed E-state index contributed by atoms with van der Waals surface area (Å²) in [6, 6.07) is 0. The van der Waals surface area contributed by atoms with Crippen LogP contribution in [0.1, 0.15) is 26.7 Å². The second kappa shape index (κ2) is 5.25. The fourth-order valence-electron chi connectivity index (χ4n) is 2.78. The molecule has 0 spiro atoms. The minimum Gasteiger partial charge on any atom is -0.355 e. The third kappa shape index (κ3) is 3.60. The van der Waals surface area contributed by atoms with Crippen molar-refractivity contribution in [3.63, 3.8) is 0 Å². The van der Waals surface area contributed by atoms with Crippen molar-refractivity contribution in [2.24, 2.45) is 10.4 Å². The third-order valence-corrected chi connectivity index (χ3v) is 3.75. The number of aliphatic imine (C=N–C) groups is 1. The van der Waals surface area contributed by atoms with Gasteiger partial charge in [0.2, 0.25) is 0 Å². The molecule has 2 aliphatic heterocycles. The van der Waals surface area contributed by atoms with Gasteiger partial charge in [-0.25, -0.2) is 0 Å². The number of hydrogen-bond donors (Lipinski definition) is 1. The van der Waals surface area contributed by atoms with Gasteiger partial charge in [0.25, 0.3) is 0 Å². The highest BCUT2D eigenvalue weighted by atomic mass is 15.3. The fourth-order valence-corrected chi connectivity index (χ4v) is 2.78. The first kappa shape index (κ1) is 12.7. The number of nitrogens with zero attached hydrogens (tertiary/aromatic N) is 3. The van der Waals surface area contributed by atoms with Gasteiger partial charge in [-0.2, -0.15) is 0 Å². The monoisotopic (exact) mass is 238 g/mol. The zero-order valence-electron chi connectivity index (χ0n) is 11.5. The summed E-state index contributed by atoms with van der Waals surface area (Å²) in [5.74, 6) is 1.07. The van der Waals surface area contributed by atoms with E-state index in [0.29, 0.717) is 5.41 Å². The number of piperidine rings is 1. The summed E-state index contributed by atoms with van der Waals surface area (Å²) in [5.41, 5.74) is 0.500. The molecule has 2 aliphatic rings. The van der Waals surface area contributed by atoms with Gasteiger partial charge in [-0.1, -0.05) is 13.8 Å². The van der Waals surface area contributed by atoms with Crippen molar-refractivity contribution in [1.29, 1.82) is 0 Å². The molecule has 4 nitrogen and oxygen atoms in total. The second-order valence-electron chi connectivity index (χ2n) is 6.10. The minimum atomic E-state index is 0.500. The van der Waals surface area contributed by atoms with E-state index in [-0.39, 0.29) is 0 Å². The Bertz CT molecular complexity index is 285. The van der Waals surface area contributed by atoms with Crippen LogP contribution in [0, 0.1) is 5.41 Å². The lowest BCUT2D eigenvalue weighted by molar-refractivity contribution is 0.119. The summed E-state index contributed by atoms with van der Waals surface area (Å²) in [6.07, 6.45) is 2.71.